The molecule has 0 saturated carbocycles. The van der Waals surface area contributed by atoms with Gasteiger partial charge in [-0.25, -0.2) is 0 Å². The Hall–Kier alpha value is 1.30. The Morgan fingerprint density at radius 1 is 0.792 bits per heavy atom. The molecule has 0 spiro atoms. The maximum atomic E-state index is 8.41. The molecule has 1 aromatic rings. The zero-order valence-corrected chi connectivity index (χ0v) is 20.2. The van der Waals surface area contributed by atoms with Crippen LogP contribution in [0.25, 0.3) is 0 Å². The van der Waals surface area contributed by atoms with Crippen LogP contribution in [0.3, 0.4) is 0 Å². The summed E-state index contributed by atoms with van der Waals surface area (Å²) in [5.41, 5.74) is 0. The first kappa shape index (κ1) is 32.9. The van der Waals surface area contributed by atoms with E-state index in [1.807, 2.05) is 20.1 Å². The van der Waals surface area contributed by atoms with E-state index in [1.54, 1.807) is 0 Å². The Labute approximate surface area is 194 Å². The third-order valence-electron chi connectivity index (χ3n) is 1.47. The van der Waals surface area contributed by atoms with Crippen molar-refractivity contribution >= 4 is 23.7 Å². The molecule has 0 radical (unpaired) electrons. The molecule has 0 atom stereocenters. The Morgan fingerprint density at radius 3 is 1.29 bits per heavy atom. The van der Waals surface area contributed by atoms with Crippen molar-refractivity contribution in [3.05, 3.63) is 0 Å². The van der Waals surface area contributed by atoms with Crippen LogP contribution in [0.2, 0.25) is 0 Å². The molecular formula is C8H15Cl2N5Na2O6S. The number of nitrogens with one attached hydrogen (secondary N) is 2. The van der Waals surface area contributed by atoms with Gasteiger partial charge in [-0.2, -0.15) is 15.0 Å². The summed E-state index contributed by atoms with van der Waals surface area (Å²) in [4.78, 5) is 12.6. The first-order valence-corrected chi connectivity index (χ1v) is 8.58. The van der Waals surface area contributed by atoms with Gasteiger partial charge in [0, 0.05) is 13.1 Å². The predicted molar refractivity (Wildman–Crippen MR) is 59.9 cm³/mol. The van der Waals surface area contributed by atoms with E-state index in [1.165, 1.54) is 11.8 Å². The number of halogens is 2. The van der Waals surface area contributed by atoms with Gasteiger partial charge in [-0.1, -0.05) is 11.8 Å². The first-order chi connectivity index (χ1) is 10.3. The molecule has 0 saturated heterocycles. The average molecular weight is 426 g/mol. The van der Waals surface area contributed by atoms with Gasteiger partial charge in [0.1, 0.15) is 0 Å². The van der Waals surface area contributed by atoms with E-state index in [0.717, 1.165) is 18.2 Å². The molecule has 0 aliphatic rings. The minimum Gasteiger partial charge on any atom is -0.357 e. The zero-order valence-electron chi connectivity index (χ0n) is 13.9. The van der Waals surface area contributed by atoms with Gasteiger partial charge in [-0.15, -0.1) is 0 Å². The van der Waals surface area contributed by atoms with Gasteiger partial charge < -0.3 is 38.6 Å². The van der Waals surface area contributed by atoms with Gasteiger partial charge in [0.05, 0.1) is 21.6 Å². The van der Waals surface area contributed by atoms with Crippen LogP contribution in [0, 0.1) is 21.6 Å². The van der Waals surface area contributed by atoms with E-state index in [2.05, 4.69) is 25.6 Å². The third kappa shape index (κ3) is 25.5. The van der Waals surface area contributed by atoms with Crippen molar-refractivity contribution in [2.24, 2.45) is 0 Å². The minimum atomic E-state index is -2.85. The van der Waals surface area contributed by atoms with Gasteiger partial charge in [0.25, 0.3) is 0 Å². The fourth-order valence-electron chi connectivity index (χ4n) is 0.922. The molecule has 1 rings (SSSR count). The van der Waals surface area contributed by atoms with E-state index in [9.17, 15) is 0 Å². The van der Waals surface area contributed by atoms with Crippen molar-refractivity contribution in [1.82, 2.24) is 15.0 Å². The molecule has 0 aliphatic carbocycles. The number of hydrogen-bond donors (Lipinski definition) is 2. The summed E-state index contributed by atoms with van der Waals surface area (Å²) in [6.07, 6.45) is 1.95. The second kappa shape index (κ2) is 22.3. The van der Waals surface area contributed by atoms with Gasteiger partial charge in [0.2, 0.25) is 11.9 Å². The number of nitrogens with zero attached hydrogens (tertiary/aromatic N) is 3. The molecular weight excluding hydrogens is 411 g/mol. The summed E-state index contributed by atoms with van der Waals surface area (Å²) in [6, 6.07) is 0. The van der Waals surface area contributed by atoms with Crippen molar-refractivity contribution in [3.8, 4) is 0 Å². The summed E-state index contributed by atoms with van der Waals surface area (Å²) in [7, 11) is -5.70. The molecule has 1 heterocycles. The Morgan fingerprint density at radius 2 is 1.08 bits per heavy atom. The van der Waals surface area contributed by atoms with Gasteiger partial charge in [-0.05, 0) is 20.1 Å². The van der Waals surface area contributed by atoms with Gasteiger partial charge in [-0.3, -0.25) is 0 Å². The summed E-state index contributed by atoms with van der Waals surface area (Å²) < 4.78 is 50.4. The fourth-order valence-corrected chi connectivity index (χ4v) is 1.28. The van der Waals surface area contributed by atoms with Gasteiger partial charge in [0.15, 0.2) is 5.16 Å². The van der Waals surface area contributed by atoms with E-state index in [-0.39, 0.29) is 59.1 Å². The monoisotopic (exact) mass is 425 g/mol. The Bertz CT molecular complexity index is 366. The summed E-state index contributed by atoms with van der Waals surface area (Å²) in [5, 5.41) is 6.86. The maximum Gasteiger partial charge on any atom is 1.00 e. The molecule has 0 unspecified atom stereocenters. The third-order valence-corrected chi connectivity index (χ3v) is 2.01. The topological polar surface area (TPSA) is 201 Å². The van der Waals surface area contributed by atoms with Crippen LogP contribution in [-0.2, 0) is 0 Å². The van der Waals surface area contributed by atoms with Crippen molar-refractivity contribution in [2.75, 3.05) is 30.0 Å². The predicted octanol–water partition coefficient (Wildman–Crippen LogP) is -11.7. The second-order valence-corrected chi connectivity index (χ2v) is 4.44. The van der Waals surface area contributed by atoms with E-state index in [4.69, 9.17) is 28.0 Å². The average Bonchev–Trinajstić information content (AvgIpc) is 2.38. The number of aromatic nitrogens is 3. The molecule has 130 valence electrons. The molecule has 0 fully saturated rings. The summed E-state index contributed by atoms with van der Waals surface area (Å²) >= 11 is 1.51. The molecule has 0 aliphatic heterocycles. The summed E-state index contributed by atoms with van der Waals surface area (Å²) in [6.45, 7) is 5.64. The SMILES string of the molecule is CCNc1nc(NCC)nc(SC)n1.[Na+].[Na+].[O-][Cl+2]([O-])[O-].[O-][Cl+2]([O-])[O-]. The smallest absolute Gasteiger partial charge is 0.357 e. The van der Waals surface area contributed by atoms with Crippen LogP contribution in [0.4, 0.5) is 11.9 Å². The zero-order chi connectivity index (χ0) is 17.5. The van der Waals surface area contributed by atoms with E-state index < -0.39 is 21.6 Å². The number of rotatable bonds is 5. The minimum absolute atomic E-state index is 0. The van der Waals surface area contributed by atoms with Crippen LogP contribution < -0.4 is 97.7 Å². The van der Waals surface area contributed by atoms with Crippen LogP contribution in [0.15, 0.2) is 5.16 Å². The van der Waals surface area contributed by atoms with Gasteiger partial charge >= 0.3 is 59.1 Å². The van der Waals surface area contributed by atoms with Crippen LogP contribution in [-0.4, -0.2) is 34.3 Å². The van der Waals surface area contributed by atoms with Crippen molar-refractivity contribution in [2.45, 2.75) is 19.0 Å². The Kier molecular flexibility index (Phi) is 30.7. The molecule has 0 amide bonds. The fraction of sp³-hybridized carbons (Fsp3) is 0.625. The number of anilines is 2. The quantitative estimate of drug-likeness (QED) is 0.333. The Balaban J connectivity index is -0.000000170. The van der Waals surface area contributed by atoms with E-state index in [0.29, 0.717) is 11.9 Å². The normalized spacial score (nSPS) is 8.79. The molecule has 1 aromatic heterocycles. The molecule has 24 heavy (non-hydrogen) atoms. The molecule has 16 heteroatoms. The molecule has 11 nitrogen and oxygen atoms in total. The van der Waals surface area contributed by atoms with E-state index >= 15 is 0 Å². The molecule has 0 bridgehead atoms. The second-order valence-electron chi connectivity index (χ2n) is 2.91. The maximum absolute atomic E-state index is 8.41. The van der Waals surface area contributed by atoms with Crippen LogP contribution in [0.1, 0.15) is 13.8 Å². The molecule has 0 aromatic carbocycles. The number of thioether (sulfide) groups is 1. The van der Waals surface area contributed by atoms with Crippen molar-refractivity contribution in [1.29, 1.82) is 0 Å². The van der Waals surface area contributed by atoms with Crippen molar-refractivity contribution in [3.63, 3.8) is 0 Å². The standard InChI is InChI=1S/C8H15N5S.2ClO3.2Na/c1-4-9-6-11-7(10-5-2)13-8(12-6)14-3;2*2-1(3)4;;/h4-5H2,1-3H3,(H2,9,10,11,12,13);;;;/q;2*-1;2*+1. The largest absolute Gasteiger partial charge is 1.00 e. The molecule has 2 N–H and O–H groups in total. The summed E-state index contributed by atoms with van der Waals surface area (Å²) in [5.74, 6) is 1.26. The first-order valence-electron chi connectivity index (χ1n) is 5.50. The number of hydrogen-bond acceptors (Lipinski definition) is 12. The van der Waals surface area contributed by atoms with Crippen LogP contribution in [0.5, 0.6) is 0 Å². The van der Waals surface area contributed by atoms with Crippen molar-refractivity contribution < 1.29 is 109 Å². The van der Waals surface area contributed by atoms with Crippen LogP contribution >= 0.6 is 11.8 Å².